The molecule has 40 heavy (non-hydrogen) atoms. The Morgan fingerprint density at radius 2 is 1.48 bits per heavy atom. The first-order chi connectivity index (χ1) is 18.9. The molecule has 6 nitrogen and oxygen atoms in total. The Morgan fingerprint density at radius 3 is 2.02 bits per heavy atom. The average Bonchev–Trinajstić information content (AvgIpc) is 3.21. The first-order valence-electron chi connectivity index (χ1n) is 13.6. The van der Waals surface area contributed by atoms with Gasteiger partial charge in [-0.1, -0.05) is 12.1 Å². The summed E-state index contributed by atoms with van der Waals surface area (Å²) in [7, 11) is 1.27. The lowest BCUT2D eigenvalue weighted by molar-refractivity contribution is -0.136. The molecule has 2 heterocycles. The second-order valence-corrected chi connectivity index (χ2v) is 11.8. The molecule has 0 aromatic heterocycles. The predicted molar refractivity (Wildman–Crippen MR) is 143 cm³/mol. The maximum atomic E-state index is 14.6. The largest absolute Gasteiger partial charge is 0.453 e. The summed E-state index contributed by atoms with van der Waals surface area (Å²) in [4.78, 5) is 32.0. The van der Waals surface area contributed by atoms with Crippen molar-refractivity contribution in [2.75, 3.05) is 39.8 Å². The third-order valence-electron chi connectivity index (χ3n) is 8.18. The van der Waals surface area contributed by atoms with E-state index in [4.69, 9.17) is 4.74 Å². The van der Waals surface area contributed by atoms with Crippen LogP contribution in [0.25, 0.3) is 0 Å². The smallest absolute Gasteiger partial charge is 0.409 e. The van der Waals surface area contributed by atoms with Crippen LogP contribution < -0.4 is 0 Å². The number of rotatable bonds is 5. The van der Waals surface area contributed by atoms with Crippen molar-refractivity contribution >= 4 is 12.0 Å². The van der Waals surface area contributed by atoms with E-state index in [1.54, 1.807) is 4.90 Å². The number of amides is 2. The molecule has 0 radical (unpaired) electrons. The third kappa shape index (κ3) is 6.77. The number of methoxy groups -OCH3 is 1. The van der Waals surface area contributed by atoms with Crippen molar-refractivity contribution in [3.8, 4) is 0 Å². The fourth-order valence-corrected chi connectivity index (χ4v) is 5.82. The molecule has 10 heteroatoms. The highest BCUT2D eigenvalue weighted by atomic mass is 19.1. The van der Waals surface area contributed by atoms with Gasteiger partial charge in [0.2, 0.25) is 5.91 Å². The molecule has 0 aliphatic carbocycles. The summed E-state index contributed by atoms with van der Waals surface area (Å²) in [5.41, 5.74) is 0.437. The van der Waals surface area contributed by atoms with Gasteiger partial charge in [-0.2, -0.15) is 0 Å². The Hall–Kier alpha value is -3.14. The summed E-state index contributed by atoms with van der Waals surface area (Å²) in [6.07, 6.45) is 0.247. The molecule has 218 valence electrons. The lowest BCUT2D eigenvalue weighted by Gasteiger charge is -2.32. The highest BCUT2D eigenvalue weighted by Crippen LogP contribution is 2.34. The Kier molecular flexibility index (Phi) is 9.07. The van der Waals surface area contributed by atoms with Crippen molar-refractivity contribution in [3.63, 3.8) is 0 Å². The van der Waals surface area contributed by atoms with Gasteiger partial charge in [0.05, 0.1) is 13.0 Å². The second kappa shape index (κ2) is 12.2. The number of carbonyl (C=O) groups excluding carboxylic acids is 2. The first kappa shape index (κ1) is 29.8. The van der Waals surface area contributed by atoms with Gasteiger partial charge in [0.25, 0.3) is 0 Å². The molecular weight excluding hydrogens is 526 g/mol. The SMILES string of the molecule is COC(=O)N1CCN(C(=O)[C@@H]2CN(C(C)(C)C)CC2Cc2ccc(F)cc2F)CCC1Cc1ccc(F)cc1F. The van der Waals surface area contributed by atoms with Gasteiger partial charge >= 0.3 is 6.09 Å². The van der Waals surface area contributed by atoms with E-state index in [9.17, 15) is 27.2 Å². The fraction of sp³-hybridized carbons (Fsp3) is 0.533. The number of benzene rings is 2. The van der Waals surface area contributed by atoms with Crippen LogP contribution in [0.2, 0.25) is 0 Å². The summed E-state index contributed by atoms with van der Waals surface area (Å²) >= 11 is 0. The highest BCUT2D eigenvalue weighted by Gasteiger charge is 2.43. The molecule has 2 amide bonds. The van der Waals surface area contributed by atoms with Crippen LogP contribution >= 0.6 is 0 Å². The topological polar surface area (TPSA) is 53.1 Å². The Bertz CT molecular complexity index is 1240. The molecule has 2 aromatic rings. The summed E-state index contributed by atoms with van der Waals surface area (Å²) < 4.78 is 60.9. The molecule has 0 saturated carbocycles. The molecule has 0 spiro atoms. The number of hydrogen-bond acceptors (Lipinski definition) is 4. The van der Waals surface area contributed by atoms with Gasteiger partial charge in [0.15, 0.2) is 0 Å². The number of halogens is 4. The molecule has 2 fully saturated rings. The third-order valence-corrected chi connectivity index (χ3v) is 8.18. The van der Waals surface area contributed by atoms with Crippen molar-refractivity contribution < 1.29 is 31.9 Å². The van der Waals surface area contributed by atoms with Crippen LogP contribution in [0.4, 0.5) is 22.4 Å². The Balaban J connectivity index is 1.54. The monoisotopic (exact) mass is 563 g/mol. The molecule has 2 saturated heterocycles. The van der Waals surface area contributed by atoms with Crippen LogP contribution in [0.15, 0.2) is 36.4 Å². The summed E-state index contributed by atoms with van der Waals surface area (Å²) in [5.74, 6) is -3.33. The van der Waals surface area contributed by atoms with Gasteiger partial charge in [-0.3, -0.25) is 9.69 Å². The van der Waals surface area contributed by atoms with Crippen LogP contribution in [0.3, 0.4) is 0 Å². The summed E-state index contributed by atoms with van der Waals surface area (Å²) in [6.45, 7) is 8.07. The van der Waals surface area contributed by atoms with E-state index >= 15 is 0 Å². The van der Waals surface area contributed by atoms with Crippen molar-refractivity contribution in [1.29, 1.82) is 0 Å². The van der Waals surface area contributed by atoms with E-state index in [0.29, 0.717) is 38.0 Å². The molecule has 4 rings (SSSR count). The number of nitrogens with zero attached hydrogens (tertiary/aromatic N) is 3. The lowest BCUT2D eigenvalue weighted by atomic mass is 9.88. The Labute approximate surface area is 232 Å². The zero-order valence-corrected chi connectivity index (χ0v) is 23.4. The van der Waals surface area contributed by atoms with E-state index in [0.717, 1.165) is 12.1 Å². The molecule has 2 aromatic carbocycles. The predicted octanol–water partition coefficient (Wildman–Crippen LogP) is 5.04. The molecule has 3 atom stereocenters. The van der Waals surface area contributed by atoms with Crippen LogP contribution in [-0.4, -0.2) is 78.1 Å². The van der Waals surface area contributed by atoms with E-state index in [-0.39, 0.29) is 42.4 Å². The number of likely N-dealkylation sites (tertiary alicyclic amines) is 1. The second-order valence-electron chi connectivity index (χ2n) is 11.8. The van der Waals surface area contributed by atoms with Gasteiger partial charge in [-0.05, 0) is 69.2 Å². The van der Waals surface area contributed by atoms with E-state index in [2.05, 4.69) is 25.7 Å². The minimum absolute atomic E-state index is 0.0855. The van der Waals surface area contributed by atoms with Gasteiger partial charge in [-0.25, -0.2) is 22.4 Å². The Morgan fingerprint density at radius 1 is 0.875 bits per heavy atom. The zero-order chi connectivity index (χ0) is 29.2. The van der Waals surface area contributed by atoms with E-state index < -0.39 is 41.3 Å². The quantitative estimate of drug-likeness (QED) is 0.479. The molecule has 0 N–H and O–H groups in total. The van der Waals surface area contributed by atoms with Gasteiger partial charge < -0.3 is 14.5 Å². The lowest BCUT2D eigenvalue weighted by Crippen LogP contribution is -2.44. The van der Waals surface area contributed by atoms with E-state index in [1.807, 2.05) is 0 Å². The summed E-state index contributed by atoms with van der Waals surface area (Å²) in [5, 5.41) is 0. The first-order valence-corrected chi connectivity index (χ1v) is 13.6. The standard InChI is InChI=1S/C30H37F4N3O3/c1-30(2,3)36-17-21(13-19-5-7-22(31)15-26(19)33)25(18-36)28(38)35-10-9-24(37(12-11-35)29(39)40-4)14-20-6-8-23(32)16-27(20)34/h5-8,15-16,21,24-25H,9-14,17-18H2,1-4H3/t21?,24?,25-/m1/s1. The number of carbonyl (C=O) groups is 2. The van der Waals surface area contributed by atoms with Crippen molar-refractivity contribution in [2.45, 2.75) is 51.6 Å². The molecule has 0 bridgehead atoms. The van der Waals surface area contributed by atoms with Crippen LogP contribution in [0.1, 0.15) is 38.3 Å². The molecular formula is C30H37F4N3O3. The van der Waals surface area contributed by atoms with Gasteiger partial charge in [0, 0.05) is 56.4 Å². The maximum Gasteiger partial charge on any atom is 0.409 e. The molecule has 2 aliphatic heterocycles. The van der Waals surface area contributed by atoms with Crippen molar-refractivity contribution in [1.82, 2.24) is 14.7 Å². The van der Waals surface area contributed by atoms with Crippen molar-refractivity contribution in [2.24, 2.45) is 11.8 Å². The normalized spacial score (nSPS) is 22.4. The van der Waals surface area contributed by atoms with Crippen LogP contribution in [-0.2, 0) is 22.4 Å². The van der Waals surface area contributed by atoms with Gasteiger partial charge in [-0.15, -0.1) is 0 Å². The van der Waals surface area contributed by atoms with Gasteiger partial charge in [0.1, 0.15) is 23.3 Å². The molecule has 2 aliphatic rings. The average molecular weight is 564 g/mol. The van der Waals surface area contributed by atoms with E-state index in [1.165, 1.54) is 36.3 Å². The van der Waals surface area contributed by atoms with Crippen molar-refractivity contribution in [3.05, 3.63) is 70.8 Å². The number of ether oxygens (including phenoxy) is 1. The maximum absolute atomic E-state index is 14.6. The van der Waals surface area contributed by atoms with Crippen LogP contribution in [0, 0.1) is 35.1 Å². The highest BCUT2D eigenvalue weighted by molar-refractivity contribution is 5.80. The minimum atomic E-state index is -0.689. The minimum Gasteiger partial charge on any atom is -0.453 e. The fourth-order valence-electron chi connectivity index (χ4n) is 5.82. The number of hydrogen-bond donors (Lipinski definition) is 0. The van der Waals surface area contributed by atoms with Crippen LogP contribution in [0.5, 0.6) is 0 Å². The molecule has 2 unspecified atom stereocenters. The summed E-state index contributed by atoms with van der Waals surface area (Å²) in [6, 6.07) is 6.44. The zero-order valence-electron chi connectivity index (χ0n) is 23.4.